The molecule has 0 amide bonds. The molecule has 0 rings (SSSR count). The molecule has 0 aromatic carbocycles. The highest BCUT2D eigenvalue weighted by atomic mass is 32.2. The van der Waals surface area contributed by atoms with E-state index in [0.717, 1.165) is 0 Å². The van der Waals surface area contributed by atoms with Gasteiger partial charge in [-0.2, -0.15) is 16.8 Å². The summed E-state index contributed by atoms with van der Waals surface area (Å²) in [5, 5.41) is 8.49. The molecule has 0 radical (unpaired) electrons. The standard InChI is InChI=1S/C5H12O8S2/c6-4-5(15(10,11)12)13-2-1-3-14(7,8)9/h5-6H,1-4H2,(H,7,8,9)(H,10,11,12). The zero-order chi connectivity index (χ0) is 12.1. The van der Waals surface area contributed by atoms with Crippen molar-refractivity contribution >= 4 is 20.2 Å². The van der Waals surface area contributed by atoms with Crippen molar-refractivity contribution in [2.45, 2.75) is 11.9 Å². The molecule has 0 aliphatic rings. The van der Waals surface area contributed by atoms with Gasteiger partial charge in [0.1, 0.15) is 0 Å². The molecule has 0 aromatic heterocycles. The van der Waals surface area contributed by atoms with Crippen molar-refractivity contribution in [3.63, 3.8) is 0 Å². The highest BCUT2D eigenvalue weighted by molar-refractivity contribution is 7.86. The molecule has 0 bridgehead atoms. The van der Waals surface area contributed by atoms with Gasteiger partial charge in [0.15, 0.2) is 0 Å². The Kier molecular flexibility index (Phi) is 5.62. The van der Waals surface area contributed by atoms with Gasteiger partial charge in [0, 0.05) is 6.61 Å². The fourth-order valence-electron chi connectivity index (χ4n) is 0.689. The lowest BCUT2D eigenvalue weighted by Crippen LogP contribution is -2.28. The highest BCUT2D eigenvalue weighted by Crippen LogP contribution is 2.01. The van der Waals surface area contributed by atoms with Gasteiger partial charge >= 0.3 is 0 Å². The summed E-state index contributed by atoms with van der Waals surface area (Å²) < 4.78 is 62.6. The van der Waals surface area contributed by atoms with E-state index in [4.69, 9.17) is 14.2 Å². The monoisotopic (exact) mass is 264 g/mol. The first-order valence-corrected chi connectivity index (χ1v) is 6.92. The molecule has 3 N–H and O–H groups in total. The molecule has 15 heavy (non-hydrogen) atoms. The Morgan fingerprint density at radius 3 is 2.00 bits per heavy atom. The zero-order valence-electron chi connectivity index (χ0n) is 7.61. The molecule has 0 heterocycles. The SMILES string of the molecule is O=S(=O)(O)CCCOC(CO)S(=O)(=O)O. The maximum atomic E-state index is 10.5. The van der Waals surface area contributed by atoms with E-state index < -0.39 is 38.0 Å². The van der Waals surface area contributed by atoms with Crippen molar-refractivity contribution in [2.24, 2.45) is 0 Å². The van der Waals surface area contributed by atoms with Crippen molar-refractivity contribution in [1.82, 2.24) is 0 Å². The Bertz CT molecular complexity index is 368. The van der Waals surface area contributed by atoms with E-state index in [9.17, 15) is 16.8 Å². The van der Waals surface area contributed by atoms with Gasteiger partial charge in [-0.15, -0.1) is 0 Å². The molecule has 92 valence electrons. The van der Waals surface area contributed by atoms with Gasteiger partial charge < -0.3 is 9.84 Å². The molecule has 0 aliphatic carbocycles. The average Bonchev–Trinajstić information content (AvgIpc) is 1.99. The summed E-state index contributed by atoms with van der Waals surface area (Å²) in [6, 6.07) is 0. The van der Waals surface area contributed by atoms with Crippen LogP contribution >= 0.6 is 0 Å². The summed E-state index contributed by atoms with van der Waals surface area (Å²) in [5.41, 5.74) is -1.79. The minimum atomic E-state index is -4.52. The van der Waals surface area contributed by atoms with Crippen LogP contribution in [0.4, 0.5) is 0 Å². The lowest BCUT2D eigenvalue weighted by molar-refractivity contribution is 0.0575. The number of hydrogen-bond acceptors (Lipinski definition) is 6. The summed E-state index contributed by atoms with van der Waals surface area (Å²) in [4.78, 5) is 0. The average molecular weight is 264 g/mol. The van der Waals surface area contributed by atoms with Crippen LogP contribution < -0.4 is 0 Å². The predicted molar refractivity (Wildman–Crippen MR) is 49.4 cm³/mol. The summed E-state index contributed by atoms with van der Waals surface area (Å²) in [7, 11) is -8.63. The molecule has 0 aromatic rings. The van der Waals surface area contributed by atoms with Crippen LogP contribution in [-0.4, -0.2) is 55.5 Å². The fourth-order valence-corrected chi connectivity index (χ4v) is 1.63. The molecule has 0 saturated carbocycles. The summed E-state index contributed by atoms with van der Waals surface area (Å²) in [6.07, 6.45) is -0.148. The van der Waals surface area contributed by atoms with E-state index in [1.165, 1.54) is 0 Å². The molecule has 0 saturated heterocycles. The number of hydrogen-bond donors (Lipinski definition) is 3. The lowest BCUT2D eigenvalue weighted by Gasteiger charge is -2.11. The highest BCUT2D eigenvalue weighted by Gasteiger charge is 2.22. The first-order valence-electron chi connectivity index (χ1n) is 3.81. The first kappa shape index (κ1) is 14.7. The summed E-state index contributed by atoms with van der Waals surface area (Å²) in [5.74, 6) is -0.587. The Balaban J connectivity index is 3.95. The molecule has 1 unspecified atom stereocenters. The smallest absolute Gasteiger partial charge is 0.294 e. The van der Waals surface area contributed by atoms with Crippen molar-refractivity contribution in [3.05, 3.63) is 0 Å². The molecular formula is C5H12O8S2. The maximum absolute atomic E-state index is 10.5. The Hall–Kier alpha value is -0.260. The molecule has 0 fully saturated rings. The number of ether oxygens (including phenoxy) is 1. The van der Waals surface area contributed by atoms with Gasteiger partial charge in [0.2, 0.25) is 5.44 Å². The normalized spacial score (nSPS) is 15.1. The Morgan fingerprint density at radius 2 is 1.67 bits per heavy atom. The van der Waals surface area contributed by atoms with Gasteiger partial charge in [-0.1, -0.05) is 0 Å². The molecule has 0 spiro atoms. The van der Waals surface area contributed by atoms with Crippen LogP contribution in [0.5, 0.6) is 0 Å². The van der Waals surface area contributed by atoms with Crippen molar-refractivity contribution in [2.75, 3.05) is 19.0 Å². The van der Waals surface area contributed by atoms with Gasteiger partial charge in [-0.3, -0.25) is 9.11 Å². The van der Waals surface area contributed by atoms with E-state index in [-0.39, 0.29) is 13.0 Å². The molecule has 10 heteroatoms. The van der Waals surface area contributed by atoms with Crippen molar-refractivity contribution < 1.29 is 35.8 Å². The van der Waals surface area contributed by atoms with Crippen LogP contribution in [0.15, 0.2) is 0 Å². The van der Waals surface area contributed by atoms with Crippen LogP contribution in [-0.2, 0) is 25.0 Å². The van der Waals surface area contributed by atoms with E-state index in [1.807, 2.05) is 0 Å². The van der Waals surface area contributed by atoms with E-state index in [2.05, 4.69) is 4.74 Å². The third-order valence-electron chi connectivity index (χ3n) is 1.33. The Labute approximate surface area is 87.4 Å². The van der Waals surface area contributed by atoms with Crippen LogP contribution in [0.1, 0.15) is 6.42 Å². The second-order valence-electron chi connectivity index (χ2n) is 2.64. The van der Waals surface area contributed by atoms with Gasteiger partial charge in [-0.25, -0.2) is 0 Å². The van der Waals surface area contributed by atoms with Crippen LogP contribution in [0.3, 0.4) is 0 Å². The second-order valence-corrected chi connectivity index (χ2v) is 5.77. The minimum Gasteiger partial charge on any atom is -0.392 e. The van der Waals surface area contributed by atoms with Crippen molar-refractivity contribution in [1.29, 1.82) is 0 Å². The first-order chi connectivity index (χ1) is 6.67. The van der Waals surface area contributed by atoms with E-state index >= 15 is 0 Å². The van der Waals surface area contributed by atoms with E-state index in [1.54, 1.807) is 0 Å². The molecule has 0 aliphatic heterocycles. The molecular weight excluding hydrogens is 252 g/mol. The maximum Gasteiger partial charge on any atom is 0.294 e. The van der Waals surface area contributed by atoms with Gasteiger partial charge in [0.25, 0.3) is 20.2 Å². The third-order valence-corrected chi connectivity index (χ3v) is 3.09. The van der Waals surface area contributed by atoms with Gasteiger partial charge in [-0.05, 0) is 6.42 Å². The predicted octanol–water partition coefficient (Wildman–Crippen LogP) is -1.51. The summed E-state index contributed by atoms with van der Waals surface area (Å²) >= 11 is 0. The number of aliphatic hydroxyl groups is 1. The van der Waals surface area contributed by atoms with Crippen LogP contribution in [0.25, 0.3) is 0 Å². The number of aliphatic hydroxyl groups excluding tert-OH is 1. The van der Waals surface area contributed by atoms with Crippen LogP contribution in [0.2, 0.25) is 0 Å². The molecule has 1 atom stereocenters. The zero-order valence-corrected chi connectivity index (χ0v) is 9.24. The topological polar surface area (TPSA) is 138 Å². The second kappa shape index (κ2) is 5.72. The van der Waals surface area contributed by atoms with Crippen molar-refractivity contribution in [3.8, 4) is 0 Å². The van der Waals surface area contributed by atoms with Gasteiger partial charge in [0.05, 0.1) is 12.4 Å². The van der Waals surface area contributed by atoms with E-state index in [0.29, 0.717) is 0 Å². The Morgan fingerprint density at radius 1 is 1.13 bits per heavy atom. The third kappa shape index (κ3) is 7.64. The molecule has 8 nitrogen and oxygen atoms in total. The quantitative estimate of drug-likeness (QED) is 0.372. The minimum absolute atomic E-state index is 0.148. The lowest BCUT2D eigenvalue weighted by atomic mass is 10.5. The summed E-state index contributed by atoms with van der Waals surface area (Å²) in [6.45, 7) is -1.27. The fraction of sp³-hybridized carbons (Fsp3) is 1.00. The van der Waals surface area contributed by atoms with Crippen LogP contribution in [0, 0.1) is 0 Å². The number of rotatable bonds is 7. The largest absolute Gasteiger partial charge is 0.392 e.